The Kier molecular flexibility index (Phi) is 7.87. The highest BCUT2D eigenvalue weighted by Crippen LogP contribution is 2.23. The predicted molar refractivity (Wildman–Crippen MR) is 126 cm³/mol. The molecule has 0 aliphatic rings. The number of aromatic amines is 1. The lowest BCUT2D eigenvalue weighted by Crippen LogP contribution is -2.21. The summed E-state index contributed by atoms with van der Waals surface area (Å²) in [6.45, 7) is 0. The normalized spacial score (nSPS) is 10.7. The highest BCUT2D eigenvalue weighted by molar-refractivity contribution is 6.16. The van der Waals surface area contributed by atoms with Crippen molar-refractivity contribution in [2.75, 3.05) is 10.6 Å². The second kappa shape index (κ2) is 11.0. The maximum absolute atomic E-state index is 13.1. The molecule has 1 aromatic heterocycles. The van der Waals surface area contributed by atoms with E-state index in [1.165, 1.54) is 0 Å². The fraction of sp³-hybridized carbons (Fsp3) is 0.0417. The lowest BCUT2D eigenvalue weighted by atomic mass is 10.0. The average Bonchev–Trinajstić information content (AvgIpc) is 3.25. The number of aromatic nitrogens is 2. The number of anilines is 2. The van der Waals surface area contributed by atoms with Crippen molar-refractivity contribution >= 4 is 46.4 Å². The van der Waals surface area contributed by atoms with E-state index in [-0.39, 0.29) is 17.6 Å². The van der Waals surface area contributed by atoms with Gasteiger partial charge in [-0.15, -0.1) is 0 Å². The molecule has 0 spiro atoms. The smallest absolute Gasteiger partial charge is 0.475 e. The van der Waals surface area contributed by atoms with Crippen molar-refractivity contribution in [2.45, 2.75) is 6.18 Å². The van der Waals surface area contributed by atoms with Crippen LogP contribution in [-0.2, 0) is 4.79 Å². The topological polar surface area (TPSA) is 161 Å². The average molecular weight is 514 g/mol. The Balaban J connectivity index is 0.000000479. The molecule has 0 atom stereocenters. The number of carbonyl (C=O) groups excluding carboxylic acids is 2. The largest absolute Gasteiger partial charge is 0.490 e. The van der Waals surface area contributed by atoms with Crippen molar-refractivity contribution in [1.29, 1.82) is 0 Å². The zero-order valence-electron chi connectivity index (χ0n) is 18.5. The molecule has 0 radical (unpaired) electrons. The van der Waals surface area contributed by atoms with Gasteiger partial charge in [-0.25, -0.2) is 14.6 Å². The van der Waals surface area contributed by atoms with Gasteiger partial charge in [0.05, 0.1) is 16.7 Å². The molecule has 4 rings (SSSR count). The molecule has 0 aliphatic heterocycles. The fourth-order valence-electron chi connectivity index (χ4n) is 3.04. The maximum atomic E-state index is 13.1. The zero-order chi connectivity index (χ0) is 27.2. The molecular weight excluding hydrogens is 497 g/mol. The van der Waals surface area contributed by atoms with Gasteiger partial charge in [-0.05, 0) is 42.5 Å². The van der Waals surface area contributed by atoms with Crippen molar-refractivity contribution in [1.82, 2.24) is 9.97 Å². The van der Waals surface area contributed by atoms with Crippen molar-refractivity contribution in [2.24, 2.45) is 0 Å². The number of benzene rings is 3. The number of rotatable bonds is 5. The number of para-hydroxylation sites is 1. The first kappa shape index (κ1) is 26.4. The van der Waals surface area contributed by atoms with E-state index >= 15 is 0 Å². The first-order valence-corrected chi connectivity index (χ1v) is 10.3. The fourth-order valence-corrected chi connectivity index (χ4v) is 3.04. The number of aliphatic carboxylic acids is 1. The Morgan fingerprint density at radius 1 is 0.811 bits per heavy atom. The van der Waals surface area contributed by atoms with E-state index in [1.54, 1.807) is 66.7 Å². The van der Waals surface area contributed by atoms with Crippen LogP contribution in [-0.4, -0.2) is 50.1 Å². The maximum Gasteiger partial charge on any atom is 0.490 e. The molecule has 0 saturated carbocycles. The number of nitrogens with zero attached hydrogens (tertiary/aromatic N) is 1. The summed E-state index contributed by atoms with van der Waals surface area (Å²) in [5, 5.41) is 20.9. The quantitative estimate of drug-likeness (QED) is 0.240. The second-order valence-electron chi connectivity index (χ2n) is 7.25. The molecule has 0 bridgehead atoms. The number of carboxylic acids is 1. The Hall–Kier alpha value is -5.20. The van der Waals surface area contributed by atoms with Gasteiger partial charge in [0.15, 0.2) is 5.78 Å². The van der Waals surface area contributed by atoms with E-state index in [0.717, 1.165) is 0 Å². The van der Waals surface area contributed by atoms with Gasteiger partial charge in [0, 0.05) is 16.7 Å². The molecular formula is C24H17F3N4O6. The summed E-state index contributed by atoms with van der Waals surface area (Å²) < 4.78 is 31.7. The first-order valence-electron chi connectivity index (χ1n) is 10.3. The van der Waals surface area contributed by atoms with Crippen molar-refractivity contribution in [3.63, 3.8) is 0 Å². The summed E-state index contributed by atoms with van der Waals surface area (Å²) in [6.07, 6.45) is -6.33. The van der Waals surface area contributed by atoms with Crippen LogP contribution >= 0.6 is 0 Å². The predicted octanol–water partition coefficient (Wildman–Crippen LogP) is 4.77. The van der Waals surface area contributed by atoms with Crippen molar-refractivity contribution < 1.29 is 42.6 Å². The standard InChI is InChI=1S/C22H16N4O4.C2HF3O2/c27-19(14-10-11-17-18(12-14)25-21(24-17)26-22(29)30)15-8-4-5-9-16(15)23-20(28)13-6-2-1-3-7-13;3-2(4,5)1(6)7/h1-12H,(H,23,28)(H,29,30)(H2,24,25,26);(H,6,7). The van der Waals surface area contributed by atoms with E-state index in [2.05, 4.69) is 20.6 Å². The molecule has 0 unspecified atom stereocenters. The number of halogens is 3. The molecule has 0 aliphatic carbocycles. The summed E-state index contributed by atoms with van der Waals surface area (Å²) in [5.74, 6) is -3.29. The number of carbonyl (C=O) groups is 4. The van der Waals surface area contributed by atoms with Crippen molar-refractivity contribution in [3.8, 4) is 0 Å². The summed E-state index contributed by atoms with van der Waals surface area (Å²) >= 11 is 0. The lowest BCUT2D eigenvalue weighted by Gasteiger charge is -2.10. The second-order valence-corrected chi connectivity index (χ2v) is 7.25. The highest BCUT2D eigenvalue weighted by Gasteiger charge is 2.38. The van der Waals surface area contributed by atoms with Crippen LogP contribution in [0, 0.1) is 0 Å². The summed E-state index contributed by atoms with van der Waals surface area (Å²) in [7, 11) is 0. The number of amides is 2. The SMILES string of the molecule is O=C(O)C(F)(F)F.O=C(O)Nc1nc2ccc(C(=O)c3ccccc3NC(=O)c3ccccc3)cc2[nH]1. The van der Waals surface area contributed by atoms with E-state index in [4.69, 9.17) is 15.0 Å². The molecule has 0 saturated heterocycles. The number of hydrogen-bond acceptors (Lipinski definition) is 5. The van der Waals surface area contributed by atoms with E-state index in [0.29, 0.717) is 33.4 Å². The van der Waals surface area contributed by atoms with Gasteiger partial charge in [-0.2, -0.15) is 13.2 Å². The van der Waals surface area contributed by atoms with Crippen LogP contribution in [0.5, 0.6) is 0 Å². The third-order valence-corrected chi connectivity index (χ3v) is 4.67. The number of nitrogens with one attached hydrogen (secondary N) is 3. The minimum atomic E-state index is -5.08. The number of ketones is 1. The van der Waals surface area contributed by atoms with Gasteiger partial charge in [-0.3, -0.25) is 14.9 Å². The Labute approximate surface area is 205 Å². The Morgan fingerprint density at radius 2 is 1.43 bits per heavy atom. The monoisotopic (exact) mass is 514 g/mol. The summed E-state index contributed by atoms with van der Waals surface area (Å²) in [6, 6.07) is 20.3. The molecule has 0 fully saturated rings. The highest BCUT2D eigenvalue weighted by atomic mass is 19.4. The van der Waals surface area contributed by atoms with Crippen LogP contribution in [0.2, 0.25) is 0 Å². The molecule has 1 heterocycles. The van der Waals surface area contributed by atoms with Gasteiger partial charge >= 0.3 is 18.2 Å². The number of imidazole rings is 1. The lowest BCUT2D eigenvalue weighted by molar-refractivity contribution is -0.192. The zero-order valence-corrected chi connectivity index (χ0v) is 18.5. The van der Waals surface area contributed by atoms with Gasteiger partial charge < -0.3 is 20.5 Å². The molecule has 37 heavy (non-hydrogen) atoms. The number of fused-ring (bicyclic) bond motifs is 1. The number of carboxylic acid groups (broad SMARTS) is 2. The number of H-pyrrole nitrogens is 1. The van der Waals surface area contributed by atoms with Crippen LogP contribution < -0.4 is 10.6 Å². The van der Waals surface area contributed by atoms with Crippen molar-refractivity contribution in [3.05, 3.63) is 89.5 Å². The molecule has 2 amide bonds. The third kappa shape index (κ3) is 6.91. The molecule has 5 N–H and O–H groups in total. The van der Waals surface area contributed by atoms with Gasteiger partial charge in [0.1, 0.15) is 0 Å². The molecule has 10 nitrogen and oxygen atoms in total. The van der Waals surface area contributed by atoms with Crippen LogP contribution in [0.3, 0.4) is 0 Å². The first-order chi connectivity index (χ1) is 17.5. The third-order valence-electron chi connectivity index (χ3n) is 4.67. The summed E-state index contributed by atoms with van der Waals surface area (Å²) in [5.41, 5.74) is 2.61. The van der Waals surface area contributed by atoms with Crippen LogP contribution in [0.15, 0.2) is 72.8 Å². The van der Waals surface area contributed by atoms with Crippen LogP contribution in [0.4, 0.5) is 29.6 Å². The van der Waals surface area contributed by atoms with Crippen LogP contribution in [0.1, 0.15) is 26.3 Å². The molecule has 13 heteroatoms. The van der Waals surface area contributed by atoms with Gasteiger partial charge in [-0.1, -0.05) is 30.3 Å². The Bertz CT molecular complexity index is 1470. The molecule has 190 valence electrons. The van der Waals surface area contributed by atoms with E-state index in [1.807, 2.05) is 6.07 Å². The van der Waals surface area contributed by atoms with Gasteiger partial charge in [0.25, 0.3) is 5.91 Å². The molecule has 4 aromatic rings. The minimum Gasteiger partial charge on any atom is -0.475 e. The Morgan fingerprint density at radius 3 is 2.05 bits per heavy atom. The molecule has 3 aromatic carbocycles. The number of hydrogen-bond donors (Lipinski definition) is 5. The number of alkyl halides is 3. The minimum absolute atomic E-state index is 0.0672. The van der Waals surface area contributed by atoms with Crippen LogP contribution in [0.25, 0.3) is 11.0 Å². The summed E-state index contributed by atoms with van der Waals surface area (Å²) in [4.78, 5) is 52.2. The van der Waals surface area contributed by atoms with E-state index < -0.39 is 18.2 Å². The van der Waals surface area contributed by atoms with Gasteiger partial charge in [0.2, 0.25) is 5.95 Å². The van der Waals surface area contributed by atoms with E-state index in [9.17, 15) is 27.6 Å².